The second-order valence-electron chi connectivity index (χ2n) is 5.64. The summed E-state index contributed by atoms with van der Waals surface area (Å²) in [6.45, 7) is 9.30. The van der Waals surface area contributed by atoms with Crippen molar-refractivity contribution in [2.24, 2.45) is 17.6 Å². The molecule has 4 nitrogen and oxygen atoms in total. The van der Waals surface area contributed by atoms with E-state index in [2.05, 4.69) is 13.8 Å². The summed E-state index contributed by atoms with van der Waals surface area (Å²) in [5, 5.41) is 0. The highest BCUT2D eigenvalue weighted by Crippen LogP contribution is 2.21. The lowest BCUT2D eigenvalue weighted by molar-refractivity contribution is -0.138. The van der Waals surface area contributed by atoms with Crippen LogP contribution in [0.1, 0.15) is 40.0 Å². The van der Waals surface area contributed by atoms with Crippen LogP contribution in [0.2, 0.25) is 0 Å². The Labute approximate surface area is 111 Å². The van der Waals surface area contributed by atoms with Crippen molar-refractivity contribution in [3.05, 3.63) is 0 Å². The van der Waals surface area contributed by atoms with Gasteiger partial charge >= 0.3 is 0 Å². The molecule has 2 N–H and O–H groups in total. The van der Waals surface area contributed by atoms with E-state index in [-0.39, 0.29) is 12.0 Å². The maximum Gasteiger partial charge on any atom is 0.222 e. The monoisotopic (exact) mass is 256 g/mol. The third kappa shape index (κ3) is 4.94. The Hall–Kier alpha value is -0.610. The van der Waals surface area contributed by atoms with Crippen LogP contribution in [0, 0.1) is 11.8 Å². The van der Waals surface area contributed by atoms with Gasteiger partial charge in [-0.25, -0.2) is 0 Å². The highest BCUT2D eigenvalue weighted by molar-refractivity contribution is 5.76. The molecule has 1 heterocycles. The third-order valence-corrected chi connectivity index (χ3v) is 3.80. The number of ether oxygens (including phenoxy) is 1. The lowest BCUT2D eigenvalue weighted by Gasteiger charge is -2.31. The normalized spacial score (nSPS) is 22.3. The van der Waals surface area contributed by atoms with Crippen molar-refractivity contribution in [1.82, 2.24) is 4.90 Å². The van der Waals surface area contributed by atoms with E-state index in [4.69, 9.17) is 10.5 Å². The number of carbonyl (C=O) groups excluding carboxylic acids is 1. The second kappa shape index (κ2) is 7.74. The van der Waals surface area contributed by atoms with Crippen LogP contribution in [-0.4, -0.2) is 43.2 Å². The molecule has 18 heavy (non-hydrogen) atoms. The number of hydrogen-bond acceptors (Lipinski definition) is 3. The van der Waals surface area contributed by atoms with Gasteiger partial charge < -0.3 is 15.4 Å². The van der Waals surface area contributed by atoms with E-state index in [1.54, 1.807) is 0 Å². The molecule has 1 aliphatic heterocycles. The molecule has 1 saturated heterocycles. The van der Waals surface area contributed by atoms with Crippen molar-refractivity contribution in [1.29, 1.82) is 0 Å². The predicted octanol–water partition coefficient (Wildman–Crippen LogP) is 1.63. The van der Waals surface area contributed by atoms with Gasteiger partial charge in [0.1, 0.15) is 0 Å². The van der Waals surface area contributed by atoms with E-state index in [1.807, 2.05) is 11.8 Å². The Morgan fingerprint density at radius 1 is 1.44 bits per heavy atom. The van der Waals surface area contributed by atoms with Gasteiger partial charge in [0.25, 0.3) is 0 Å². The number of hydrogen-bond donors (Lipinski definition) is 1. The summed E-state index contributed by atoms with van der Waals surface area (Å²) in [5.41, 5.74) is 5.62. The van der Waals surface area contributed by atoms with E-state index in [0.29, 0.717) is 31.4 Å². The molecule has 4 heteroatoms. The molecule has 1 rings (SSSR count). The van der Waals surface area contributed by atoms with Gasteiger partial charge in [-0.3, -0.25) is 4.79 Å². The minimum absolute atomic E-state index is 0.174. The van der Waals surface area contributed by atoms with Crippen molar-refractivity contribution < 1.29 is 9.53 Å². The average Bonchev–Trinajstić information content (AvgIpc) is 2.33. The standard InChI is InChI=1S/C14H28N2O2/c1-11(2)13(6-7-15)4-5-14(17)16-8-9-18-12(3)10-16/h11-13H,4-10,15H2,1-3H3. The molecule has 0 aromatic heterocycles. The molecule has 1 aliphatic rings. The van der Waals surface area contributed by atoms with Gasteiger partial charge in [0.15, 0.2) is 0 Å². The lowest BCUT2D eigenvalue weighted by atomic mass is 9.88. The second-order valence-corrected chi connectivity index (χ2v) is 5.64. The molecule has 0 saturated carbocycles. The zero-order chi connectivity index (χ0) is 13.5. The van der Waals surface area contributed by atoms with Crippen molar-refractivity contribution in [3.63, 3.8) is 0 Å². The van der Waals surface area contributed by atoms with Gasteiger partial charge in [0, 0.05) is 19.5 Å². The Balaban J connectivity index is 2.34. The quantitative estimate of drug-likeness (QED) is 0.786. The molecule has 0 bridgehead atoms. The van der Waals surface area contributed by atoms with Crippen LogP contribution in [0.25, 0.3) is 0 Å². The summed E-state index contributed by atoms with van der Waals surface area (Å²) < 4.78 is 5.45. The average molecular weight is 256 g/mol. The van der Waals surface area contributed by atoms with Gasteiger partial charge in [0.05, 0.1) is 12.7 Å². The Kier molecular flexibility index (Phi) is 6.65. The maximum absolute atomic E-state index is 12.1. The number of morpholine rings is 1. The fourth-order valence-electron chi connectivity index (χ4n) is 2.54. The molecule has 0 radical (unpaired) electrons. The maximum atomic E-state index is 12.1. The van der Waals surface area contributed by atoms with Crippen molar-refractivity contribution in [2.45, 2.75) is 46.1 Å². The van der Waals surface area contributed by atoms with Crippen LogP contribution >= 0.6 is 0 Å². The summed E-state index contributed by atoms with van der Waals surface area (Å²) in [6, 6.07) is 0. The number of nitrogens with two attached hydrogens (primary N) is 1. The molecule has 1 fully saturated rings. The highest BCUT2D eigenvalue weighted by Gasteiger charge is 2.22. The van der Waals surface area contributed by atoms with E-state index < -0.39 is 0 Å². The first-order valence-corrected chi connectivity index (χ1v) is 7.14. The first-order chi connectivity index (χ1) is 8.54. The highest BCUT2D eigenvalue weighted by atomic mass is 16.5. The summed E-state index contributed by atoms with van der Waals surface area (Å²) >= 11 is 0. The topological polar surface area (TPSA) is 55.6 Å². The lowest BCUT2D eigenvalue weighted by Crippen LogP contribution is -2.44. The molecule has 0 spiro atoms. The van der Waals surface area contributed by atoms with Crippen molar-refractivity contribution >= 4 is 5.91 Å². The van der Waals surface area contributed by atoms with E-state index in [9.17, 15) is 4.79 Å². The van der Waals surface area contributed by atoms with Crippen LogP contribution in [0.15, 0.2) is 0 Å². The van der Waals surface area contributed by atoms with E-state index >= 15 is 0 Å². The number of carbonyl (C=O) groups is 1. The Morgan fingerprint density at radius 2 is 2.17 bits per heavy atom. The fourth-order valence-corrected chi connectivity index (χ4v) is 2.54. The van der Waals surface area contributed by atoms with Gasteiger partial charge in [-0.1, -0.05) is 13.8 Å². The van der Waals surface area contributed by atoms with Crippen LogP contribution in [0.3, 0.4) is 0 Å². The first-order valence-electron chi connectivity index (χ1n) is 7.14. The summed E-state index contributed by atoms with van der Waals surface area (Å²) in [7, 11) is 0. The van der Waals surface area contributed by atoms with Crippen LogP contribution in [0.4, 0.5) is 0 Å². The van der Waals surface area contributed by atoms with E-state index in [1.165, 1.54) is 0 Å². The molecule has 0 aliphatic carbocycles. The minimum Gasteiger partial charge on any atom is -0.375 e. The molecule has 2 unspecified atom stereocenters. The summed E-state index contributed by atoms with van der Waals surface area (Å²) in [6.07, 6.45) is 2.80. The largest absolute Gasteiger partial charge is 0.375 e. The molecule has 1 amide bonds. The molecular weight excluding hydrogens is 228 g/mol. The minimum atomic E-state index is 0.174. The third-order valence-electron chi connectivity index (χ3n) is 3.80. The fraction of sp³-hybridized carbons (Fsp3) is 0.929. The molecule has 2 atom stereocenters. The van der Waals surface area contributed by atoms with Gasteiger partial charge in [-0.05, 0) is 38.1 Å². The Bertz CT molecular complexity index is 256. The van der Waals surface area contributed by atoms with Crippen molar-refractivity contribution in [3.8, 4) is 0 Å². The predicted molar refractivity (Wildman–Crippen MR) is 73.2 cm³/mol. The van der Waals surface area contributed by atoms with Gasteiger partial charge in [-0.2, -0.15) is 0 Å². The number of amides is 1. The van der Waals surface area contributed by atoms with Gasteiger partial charge in [-0.15, -0.1) is 0 Å². The zero-order valence-electron chi connectivity index (χ0n) is 12.0. The SMILES string of the molecule is CC1CN(C(=O)CCC(CCN)C(C)C)CCO1. The molecule has 0 aromatic carbocycles. The first kappa shape index (κ1) is 15.4. The molecular formula is C14H28N2O2. The summed E-state index contributed by atoms with van der Waals surface area (Å²) in [5.74, 6) is 1.44. The summed E-state index contributed by atoms with van der Waals surface area (Å²) in [4.78, 5) is 14.1. The van der Waals surface area contributed by atoms with E-state index in [0.717, 1.165) is 25.9 Å². The van der Waals surface area contributed by atoms with Crippen molar-refractivity contribution in [2.75, 3.05) is 26.2 Å². The smallest absolute Gasteiger partial charge is 0.222 e. The van der Waals surface area contributed by atoms with Crippen LogP contribution in [0.5, 0.6) is 0 Å². The number of nitrogens with zero attached hydrogens (tertiary/aromatic N) is 1. The number of rotatable bonds is 6. The molecule has 0 aromatic rings. The Morgan fingerprint density at radius 3 is 2.72 bits per heavy atom. The zero-order valence-corrected chi connectivity index (χ0v) is 12.0. The van der Waals surface area contributed by atoms with Gasteiger partial charge in [0.2, 0.25) is 5.91 Å². The van der Waals surface area contributed by atoms with Crippen LogP contribution < -0.4 is 5.73 Å². The van der Waals surface area contributed by atoms with Crippen LogP contribution in [-0.2, 0) is 9.53 Å². The molecule has 106 valence electrons.